The molecule has 2 rings (SSSR count). The SMILES string of the molecule is CCCCCCCCCCCCCCCCCl.Cc1ncc(C[n+]2csc(CCO)c2C)c(N)n1.[Cl-]. The second-order valence-electron chi connectivity index (χ2n) is 9.45. The van der Waals surface area contributed by atoms with Crippen LogP contribution in [0.4, 0.5) is 5.82 Å². The third-order valence-corrected chi connectivity index (χ3v) is 7.75. The molecule has 0 bridgehead atoms. The van der Waals surface area contributed by atoms with Crippen molar-refractivity contribution in [3.8, 4) is 0 Å². The first-order chi connectivity index (χ1) is 17.0. The summed E-state index contributed by atoms with van der Waals surface area (Å²) in [6, 6.07) is 0. The highest BCUT2D eigenvalue weighted by Gasteiger charge is 2.17. The van der Waals surface area contributed by atoms with Gasteiger partial charge in [0.05, 0.1) is 10.4 Å². The van der Waals surface area contributed by atoms with E-state index in [1.165, 1.54) is 94.8 Å². The van der Waals surface area contributed by atoms with Crippen molar-refractivity contribution in [3.63, 3.8) is 0 Å². The molecule has 0 saturated heterocycles. The van der Waals surface area contributed by atoms with Crippen molar-refractivity contribution in [1.29, 1.82) is 0 Å². The lowest BCUT2D eigenvalue weighted by atomic mass is 10.0. The van der Waals surface area contributed by atoms with Crippen molar-refractivity contribution in [3.05, 3.63) is 33.7 Å². The molecule has 5 nitrogen and oxygen atoms in total. The van der Waals surface area contributed by atoms with Gasteiger partial charge in [0, 0.05) is 32.0 Å². The molecule has 36 heavy (non-hydrogen) atoms. The lowest BCUT2D eigenvalue weighted by Crippen LogP contribution is -3.00. The van der Waals surface area contributed by atoms with Crippen LogP contribution < -0.4 is 22.7 Å². The first kappa shape index (κ1) is 35.0. The first-order valence-corrected chi connectivity index (χ1v) is 15.2. The predicted molar refractivity (Wildman–Crippen MR) is 151 cm³/mol. The van der Waals surface area contributed by atoms with Crippen molar-refractivity contribution in [1.82, 2.24) is 9.97 Å². The number of aliphatic hydroxyl groups excluding tert-OH is 1. The quantitative estimate of drug-likeness (QED) is 0.162. The van der Waals surface area contributed by atoms with Gasteiger partial charge in [0.15, 0.2) is 12.2 Å². The smallest absolute Gasteiger partial charge is 0.225 e. The highest BCUT2D eigenvalue weighted by Crippen LogP contribution is 2.14. The van der Waals surface area contributed by atoms with Gasteiger partial charge in [0.1, 0.15) is 11.6 Å². The predicted octanol–water partition coefficient (Wildman–Crippen LogP) is 4.32. The fraction of sp³-hybridized carbons (Fsp3) is 0.750. The maximum Gasteiger partial charge on any atom is 0.225 e. The number of aromatic nitrogens is 3. The fourth-order valence-electron chi connectivity index (χ4n) is 4.06. The van der Waals surface area contributed by atoms with Gasteiger partial charge in [-0.25, -0.2) is 9.97 Å². The maximum absolute atomic E-state index is 8.98. The second-order valence-corrected chi connectivity index (χ2v) is 10.8. The maximum atomic E-state index is 8.98. The number of aliphatic hydroxyl groups is 1. The minimum Gasteiger partial charge on any atom is -1.00 e. The molecule has 2 aromatic rings. The third-order valence-electron chi connectivity index (χ3n) is 6.34. The molecule has 0 aromatic carbocycles. The third kappa shape index (κ3) is 16.0. The molecule has 0 amide bonds. The zero-order chi connectivity index (χ0) is 25.7. The molecule has 0 aliphatic carbocycles. The average molecular weight is 562 g/mol. The summed E-state index contributed by atoms with van der Waals surface area (Å²) in [7, 11) is 0. The van der Waals surface area contributed by atoms with E-state index in [1.54, 1.807) is 17.5 Å². The number of halogens is 2. The first-order valence-electron chi connectivity index (χ1n) is 13.7. The molecule has 0 atom stereocenters. The van der Waals surface area contributed by atoms with Crippen LogP contribution in [-0.2, 0) is 13.0 Å². The lowest BCUT2D eigenvalue weighted by Gasteiger charge is -2.02. The molecule has 3 N–H and O–H groups in total. The Balaban J connectivity index is 0.000000664. The summed E-state index contributed by atoms with van der Waals surface area (Å²) >= 11 is 7.29. The largest absolute Gasteiger partial charge is 1.00 e. The van der Waals surface area contributed by atoms with E-state index in [-0.39, 0.29) is 19.0 Å². The number of aryl methyl sites for hydroxylation is 1. The fourth-order valence-corrected chi connectivity index (χ4v) is 5.23. The van der Waals surface area contributed by atoms with Crippen LogP contribution >= 0.6 is 22.9 Å². The Hall–Kier alpha value is -0.950. The summed E-state index contributed by atoms with van der Waals surface area (Å²) in [4.78, 5) is 9.53. The van der Waals surface area contributed by atoms with E-state index in [0.717, 1.165) is 17.1 Å². The number of thiazole rings is 1. The van der Waals surface area contributed by atoms with E-state index in [9.17, 15) is 0 Å². The van der Waals surface area contributed by atoms with E-state index in [2.05, 4.69) is 21.5 Å². The molecule has 0 saturated carbocycles. The van der Waals surface area contributed by atoms with Gasteiger partial charge in [-0.15, -0.1) is 11.6 Å². The minimum atomic E-state index is 0. The summed E-state index contributed by atoms with van der Waals surface area (Å²) < 4.78 is 2.11. The molecular weight excluding hydrogens is 511 g/mol. The van der Waals surface area contributed by atoms with E-state index in [4.69, 9.17) is 22.4 Å². The van der Waals surface area contributed by atoms with Crippen LogP contribution in [0.5, 0.6) is 0 Å². The number of nitrogen functional groups attached to an aromatic ring is 1. The molecule has 2 heterocycles. The van der Waals surface area contributed by atoms with Crippen molar-refractivity contribution in [2.24, 2.45) is 0 Å². The summed E-state index contributed by atoms with van der Waals surface area (Å²) in [5.41, 5.74) is 10.0. The molecular formula is C28H50Cl2N4OS. The van der Waals surface area contributed by atoms with E-state index in [0.29, 0.717) is 24.6 Å². The van der Waals surface area contributed by atoms with Gasteiger partial charge in [0.25, 0.3) is 0 Å². The standard InChI is InChI=1S/C16H33Cl.C12H17N4OS.ClH/c1-2-3-4-5-6-7-8-9-10-11-12-13-14-15-16-17;1-8-11(3-4-17)18-7-16(8)6-10-5-14-9(2)15-12(10)13;/h2-16H2,1H3;5,7,17H,3-4,6H2,1-2H3,(H2,13,14,15);1H/q;+1;/p-1. The summed E-state index contributed by atoms with van der Waals surface area (Å²) in [5, 5.41) is 8.98. The number of unbranched alkanes of at least 4 members (excludes halogenated alkanes) is 13. The Kier molecular flexibility index (Phi) is 22.6. The Morgan fingerprint density at radius 2 is 1.44 bits per heavy atom. The number of anilines is 1. The zero-order valence-electron chi connectivity index (χ0n) is 22.9. The van der Waals surface area contributed by atoms with Gasteiger partial charge in [-0.3, -0.25) is 0 Å². The van der Waals surface area contributed by atoms with Crippen LogP contribution in [-0.4, -0.2) is 27.6 Å². The van der Waals surface area contributed by atoms with Gasteiger partial charge < -0.3 is 23.2 Å². The highest BCUT2D eigenvalue weighted by molar-refractivity contribution is 7.09. The van der Waals surface area contributed by atoms with Crippen molar-refractivity contribution in [2.45, 2.75) is 124 Å². The molecule has 0 unspecified atom stereocenters. The van der Waals surface area contributed by atoms with Crippen LogP contribution in [0.15, 0.2) is 11.7 Å². The van der Waals surface area contributed by atoms with E-state index in [1.807, 2.05) is 19.4 Å². The van der Waals surface area contributed by atoms with Gasteiger partial charge in [0.2, 0.25) is 5.51 Å². The number of hydrogen-bond donors (Lipinski definition) is 2. The molecule has 2 aromatic heterocycles. The van der Waals surface area contributed by atoms with Crippen molar-refractivity contribution >= 4 is 28.8 Å². The van der Waals surface area contributed by atoms with E-state index < -0.39 is 0 Å². The van der Waals surface area contributed by atoms with Crippen molar-refractivity contribution < 1.29 is 22.1 Å². The monoisotopic (exact) mass is 560 g/mol. The lowest BCUT2D eigenvalue weighted by molar-refractivity contribution is -0.689. The summed E-state index contributed by atoms with van der Waals surface area (Å²) in [6.07, 6.45) is 22.3. The molecule has 0 spiro atoms. The highest BCUT2D eigenvalue weighted by atomic mass is 35.5. The molecule has 208 valence electrons. The van der Waals surface area contributed by atoms with Gasteiger partial charge in [-0.1, -0.05) is 102 Å². The van der Waals surface area contributed by atoms with E-state index >= 15 is 0 Å². The number of rotatable bonds is 18. The number of hydrogen-bond acceptors (Lipinski definition) is 5. The average Bonchev–Trinajstić information content (AvgIpc) is 3.18. The zero-order valence-corrected chi connectivity index (χ0v) is 25.2. The molecule has 0 radical (unpaired) electrons. The van der Waals surface area contributed by atoms with Gasteiger partial charge in [-0.05, 0) is 13.3 Å². The Labute approximate surface area is 235 Å². The van der Waals surface area contributed by atoms with Gasteiger partial charge >= 0.3 is 0 Å². The van der Waals surface area contributed by atoms with Crippen LogP contribution in [0, 0.1) is 13.8 Å². The molecule has 0 fully saturated rings. The van der Waals surface area contributed by atoms with Crippen LogP contribution in [0.25, 0.3) is 0 Å². The Bertz CT molecular complexity index is 775. The van der Waals surface area contributed by atoms with Crippen LogP contribution in [0.2, 0.25) is 0 Å². The normalized spacial score (nSPS) is 10.6. The number of alkyl halides is 1. The number of nitrogens with two attached hydrogens (primary N) is 1. The van der Waals surface area contributed by atoms with Crippen LogP contribution in [0.3, 0.4) is 0 Å². The second kappa shape index (κ2) is 23.2. The number of nitrogens with zero attached hydrogens (tertiary/aromatic N) is 3. The summed E-state index contributed by atoms with van der Waals surface area (Å²) in [6.45, 7) is 7.00. The molecule has 8 heteroatoms. The van der Waals surface area contributed by atoms with Crippen molar-refractivity contribution in [2.75, 3.05) is 18.2 Å². The topological polar surface area (TPSA) is 75.9 Å². The van der Waals surface area contributed by atoms with Crippen LogP contribution in [0.1, 0.15) is 119 Å². The Morgan fingerprint density at radius 3 is 1.92 bits per heavy atom. The molecule has 0 aliphatic heterocycles. The Morgan fingerprint density at radius 1 is 0.917 bits per heavy atom. The molecule has 0 aliphatic rings. The summed E-state index contributed by atoms with van der Waals surface area (Å²) in [5.74, 6) is 2.06. The van der Waals surface area contributed by atoms with Gasteiger partial charge in [-0.2, -0.15) is 4.57 Å². The minimum absolute atomic E-state index is 0.